The van der Waals surface area contributed by atoms with E-state index in [9.17, 15) is 29.4 Å². The largest absolute Gasteiger partial charge is 0.461 e. The van der Waals surface area contributed by atoms with E-state index in [1.165, 1.54) is 19.9 Å². The number of esters is 4. The van der Waals surface area contributed by atoms with Gasteiger partial charge >= 0.3 is 23.9 Å². The highest BCUT2D eigenvalue weighted by molar-refractivity contribution is 6.23. The third-order valence-electron chi connectivity index (χ3n) is 8.60. The normalized spacial score (nSPS) is 42.0. The van der Waals surface area contributed by atoms with Gasteiger partial charge in [-0.15, -0.1) is 11.6 Å². The number of halogens is 1. The maximum absolute atomic E-state index is 12.9. The summed E-state index contributed by atoms with van der Waals surface area (Å²) < 4.78 is 23.1. The Balaban J connectivity index is 2.38. The minimum absolute atomic E-state index is 0.00602. The van der Waals surface area contributed by atoms with Crippen LogP contribution in [0.15, 0.2) is 24.3 Å². The van der Waals surface area contributed by atoms with Gasteiger partial charge in [0.25, 0.3) is 0 Å². The van der Waals surface area contributed by atoms with E-state index in [1.54, 1.807) is 19.9 Å². The lowest BCUT2D eigenvalue weighted by Crippen LogP contribution is -2.69. The summed E-state index contributed by atoms with van der Waals surface area (Å²) in [6.07, 6.45) is -2.38. The highest BCUT2D eigenvalue weighted by Crippen LogP contribution is 2.56. The number of alkyl halides is 1. The number of carbonyl (C=O) groups excluding carboxylic acids is 4. The highest BCUT2D eigenvalue weighted by Gasteiger charge is 2.70. The first-order valence-corrected chi connectivity index (χ1v) is 13.7. The van der Waals surface area contributed by atoms with Gasteiger partial charge in [0.1, 0.15) is 18.3 Å². The molecule has 3 rings (SSSR count). The molecular weight excluding hydrogens is 532 g/mol. The molecule has 11 heteroatoms. The van der Waals surface area contributed by atoms with Crippen LogP contribution in [0.2, 0.25) is 0 Å². The van der Waals surface area contributed by atoms with E-state index < -0.39 is 88.5 Å². The molecule has 39 heavy (non-hydrogen) atoms. The topological polar surface area (TPSA) is 146 Å². The number of allylic oxidation sites excluding steroid dienone is 1. The van der Waals surface area contributed by atoms with Gasteiger partial charge in [-0.3, -0.25) is 19.2 Å². The van der Waals surface area contributed by atoms with Crippen LogP contribution in [0.1, 0.15) is 60.8 Å². The van der Waals surface area contributed by atoms with Crippen LogP contribution in [-0.4, -0.2) is 75.6 Å². The second kappa shape index (κ2) is 11.6. The number of ether oxygens (including phenoxy) is 4. The third kappa shape index (κ3) is 5.47. The summed E-state index contributed by atoms with van der Waals surface area (Å²) in [6.45, 7) is 13.0. The highest BCUT2D eigenvalue weighted by atomic mass is 35.5. The van der Waals surface area contributed by atoms with Crippen molar-refractivity contribution in [2.45, 2.75) is 102 Å². The quantitative estimate of drug-likeness (QED) is 0.287. The molecule has 10 nitrogen and oxygen atoms in total. The average molecular weight is 571 g/mol. The third-order valence-corrected chi connectivity index (χ3v) is 9.11. The Labute approximate surface area is 233 Å². The molecule has 11 unspecified atom stereocenters. The van der Waals surface area contributed by atoms with Gasteiger partial charge in [0.05, 0.1) is 22.8 Å². The summed E-state index contributed by atoms with van der Waals surface area (Å²) >= 11 is 6.70. The predicted octanol–water partition coefficient (Wildman–Crippen LogP) is 2.61. The molecule has 2 aliphatic carbocycles. The van der Waals surface area contributed by atoms with Gasteiger partial charge in [0, 0.05) is 32.6 Å². The number of carbonyl (C=O) groups is 4. The standard InChI is InChI=1S/C28H39ClO10/c1-8-9-21(33)38-20-12-18(32)14(3)22-24(37-17(6)31)28(35)15(4)26(34)39-25(28)23(29)13(2)10-11-19(27(20,22)7)36-16(5)30/h10-11,14-15,18-20,22-25,32,35H,2,8-9,12H2,1,3-7H3. The fraction of sp³-hybridized carbons (Fsp3) is 0.714. The van der Waals surface area contributed by atoms with Crippen molar-refractivity contribution < 1.29 is 48.3 Å². The molecule has 0 aromatic carbocycles. The Bertz CT molecular complexity index is 1040. The van der Waals surface area contributed by atoms with Crippen molar-refractivity contribution in [1.29, 1.82) is 0 Å². The smallest absolute Gasteiger partial charge is 0.312 e. The Morgan fingerprint density at radius 2 is 1.79 bits per heavy atom. The molecule has 0 radical (unpaired) electrons. The molecule has 1 aliphatic heterocycles. The molecule has 1 heterocycles. The summed E-state index contributed by atoms with van der Waals surface area (Å²) in [6, 6.07) is 0. The lowest BCUT2D eigenvalue weighted by molar-refractivity contribution is -0.247. The molecule has 1 saturated carbocycles. The number of aliphatic hydroxyl groups excluding tert-OH is 1. The van der Waals surface area contributed by atoms with Gasteiger partial charge < -0.3 is 29.2 Å². The lowest BCUT2D eigenvalue weighted by Gasteiger charge is -2.57. The molecule has 2 fully saturated rings. The monoisotopic (exact) mass is 570 g/mol. The second-order valence-electron chi connectivity index (χ2n) is 11.1. The molecule has 0 amide bonds. The summed E-state index contributed by atoms with van der Waals surface area (Å²) in [5, 5.41) is 22.5. The van der Waals surface area contributed by atoms with Crippen LogP contribution in [0, 0.1) is 23.2 Å². The predicted molar refractivity (Wildman–Crippen MR) is 139 cm³/mol. The Hall–Kier alpha value is -2.43. The van der Waals surface area contributed by atoms with Crippen LogP contribution in [0.25, 0.3) is 0 Å². The van der Waals surface area contributed by atoms with Crippen molar-refractivity contribution in [3.8, 4) is 0 Å². The number of aliphatic hydroxyl groups is 2. The zero-order chi connectivity index (χ0) is 29.4. The van der Waals surface area contributed by atoms with Gasteiger partial charge in [-0.25, -0.2) is 0 Å². The van der Waals surface area contributed by atoms with E-state index in [4.69, 9.17) is 30.5 Å². The molecule has 11 atom stereocenters. The lowest BCUT2D eigenvalue weighted by atomic mass is 9.53. The van der Waals surface area contributed by atoms with Crippen LogP contribution < -0.4 is 0 Å². The molecule has 0 spiro atoms. The summed E-state index contributed by atoms with van der Waals surface area (Å²) in [5.74, 6) is -5.60. The second-order valence-corrected chi connectivity index (χ2v) is 11.6. The Morgan fingerprint density at radius 1 is 1.18 bits per heavy atom. The van der Waals surface area contributed by atoms with Crippen molar-refractivity contribution in [2.24, 2.45) is 23.2 Å². The van der Waals surface area contributed by atoms with Gasteiger partial charge in [0.2, 0.25) is 0 Å². The van der Waals surface area contributed by atoms with E-state index in [2.05, 4.69) is 6.58 Å². The molecule has 0 aromatic rings. The maximum Gasteiger partial charge on any atom is 0.312 e. The van der Waals surface area contributed by atoms with Crippen LogP contribution in [-0.2, 0) is 38.1 Å². The minimum atomic E-state index is -2.18. The number of rotatable bonds is 5. The van der Waals surface area contributed by atoms with E-state index in [-0.39, 0.29) is 18.4 Å². The summed E-state index contributed by atoms with van der Waals surface area (Å²) in [7, 11) is 0. The zero-order valence-electron chi connectivity index (χ0n) is 23.2. The van der Waals surface area contributed by atoms with Crippen LogP contribution in [0.4, 0.5) is 0 Å². The van der Waals surface area contributed by atoms with E-state index in [0.29, 0.717) is 6.42 Å². The Kier molecular flexibility index (Phi) is 9.24. The van der Waals surface area contributed by atoms with Gasteiger partial charge in [-0.2, -0.15) is 0 Å². The fourth-order valence-electron chi connectivity index (χ4n) is 6.42. The summed E-state index contributed by atoms with van der Waals surface area (Å²) in [5.41, 5.74) is -3.31. The minimum Gasteiger partial charge on any atom is -0.461 e. The van der Waals surface area contributed by atoms with E-state index in [0.717, 1.165) is 6.92 Å². The molecule has 0 aromatic heterocycles. The Morgan fingerprint density at radius 3 is 2.36 bits per heavy atom. The van der Waals surface area contributed by atoms with Gasteiger partial charge in [-0.05, 0) is 30.9 Å². The SMILES string of the molecule is C=C1C=CC(OC(C)=O)C2(C)C(OC(=O)CCC)CC(O)C(C)C2C(OC(C)=O)C2(O)C(C)C(=O)OC2C1Cl. The molecule has 2 N–H and O–H groups in total. The fourth-order valence-corrected chi connectivity index (χ4v) is 6.75. The first-order valence-electron chi connectivity index (χ1n) is 13.3. The number of fused-ring (bicyclic) bond motifs is 2. The van der Waals surface area contributed by atoms with Crippen molar-refractivity contribution in [3.63, 3.8) is 0 Å². The molecule has 0 bridgehead atoms. The summed E-state index contributed by atoms with van der Waals surface area (Å²) in [4.78, 5) is 50.5. The maximum atomic E-state index is 12.9. The van der Waals surface area contributed by atoms with Crippen molar-refractivity contribution in [3.05, 3.63) is 24.3 Å². The first kappa shape index (κ1) is 31.1. The van der Waals surface area contributed by atoms with Crippen molar-refractivity contribution >= 4 is 35.5 Å². The van der Waals surface area contributed by atoms with Crippen molar-refractivity contribution in [1.82, 2.24) is 0 Å². The average Bonchev–Trinajstić information content (AvgIpc) is 3.07. The molecule has 1 saturated heterocycles. The molecule has 3 aliphatic rings. The van der Waals surface area contributed by atoms with Crippen molar-refractivity contribution in [2.75, 3.05) is 0 Å². The van der Waals surface area contributed by atoms with E-state index >= 15 is 0 Å². The number of hydrogen-bond acceptors (Lipinski definition) is 10. The van der Waals surface area contributed by atoms with Crippen LogP contribution >= 0.6 is 11.6 Å². The first-order chi connectivity index (χ1) is 18.1. The van der Waals surface area contributed by atoms with Gasteiger partial charge in [-0.1, -0.05) is 33.4 Å². The molecular formula is C28H39ClO10. The van der Waals surface area contributed by atoms with Crippen LogP contribution in [0.3, 0.4) is 0 Å². The number of hydrogen-bond donors (Lipinski definition) is 2. The molecule has 218 valence electrons. The zero-order valence-corrected chi connectivity index (χ0v) is 24.0. The van der Waals surface area contributed by atoms with E-state index in [1.807, 2.05) is 6.92 Å². The van der Waals surface area contributed by atoms with Crippen LogP contribution in [0.5, 0.6) is 0 Å². The van der Waals surface area contributed by atoms with Gasteiger partial charge in [0.15, 0.2) is 11.7 Å².